The summed E-state index contributed by atoms with van der Waals surface area (Å²) in [4.78, 5) is -0.253. The van der Waals surface area contributed by atoms with E-state index in [9.17, 15) is 21.6 Å². The molecule has 0 saturated carbocycles. The second-order valence-corrected chi connectivity index (χ2v) is 7.89. The Bertz CT molecular complexity index is 1070. The van der Waals surface area contributed by atoms with Crippen molar-refractivity contribution in [1.82, 2.24) is 0 Å². The SMILES string of the molecule is Cc1ccc(S(=O)(=O)N(Cc2ccc(F)cc2)c2cccc(F)c2)cc1F. The average Bonchev–Trinajstić information content (AvgIpc) is 2.63. The molecule has 0 aliphatic heterocycles. The van der Waals surface area contributed by atoms with Gasteiger partial charge in [0.1, 0.15) is 17.5 Å². The molecule has 0 bridgehead atoms. The number of anilines is 1. The normalized spacial score (nSPS) is 11.4. The van der Waals surface area contributed by atoms with E-state index < -0.39 is 27.5 Å². The predicted octanol–water partition coefficient (Wildman–Crippen LogP) is 4.81. The van der Waals surface area contributed by atoms with Crippen molar-refractivity contribution >= 4 is 15.7 Å². The highest BCUT2D eigenvalue weighted by Crippen LogP contribution is 2.27. The van der Waals surface area contributed by atoms with Crippen LogP contribution in [0.5, 0.6) is 0 Å². The van der Waals surface area contributed by atoms with Crippen LogP contribution in [0.15, 0.2) is 71.6 Å². The zero-order valence-electron chi connectivity index (χ0n) is 14.4. The Morgan fingerprint density at radius 2 is 1.56 bits per heavy atom. The molecule has 3 aromatic rings. The standard InChI is InChI=1S/C20H16F3NO2S/c1-14-5-10-19(12-20(14)23)27(25,26)24(18-4-2-3-17(22)11-18)13-15-6-8-16(21)9-7-15/h2-12H,13H2,1H3. The predicted molar refractivity (Wildman–Crippen MR) is 97.3 cm³/mol. The van der Waals surface area contributed by atoms with Crippen LogP contribution in [0.25, 0.3) is 0 Å². The van der Waals surface area contributed by atoms with Crippen LogP contribution in [0.4, 0.5) is 18.9 Å². The zero-order chi connectivity index (χ0) is 19.6. The average molecular weight is 391 g/mol. The molecule has 0 heterocycles. The van der Waals surface area contributed by atoms with Crippen LogP contribution < -0.4 is 4.31 Å². The third-order valence-corrected chi connectivity index (χ3v) is 5.84. The fourth-order valence-electron chi connectivity index (χ4n) is 2.56. The highest BCUT2D eigenvalue weighted by atomic mass is 32.2. The fourth-order valence-corrected chi connectivity index (χ4v) is 4.02. The van der Waals surface area contributed by atoms with Gasteiger partial charge in [0.15, 0.2) is 0 Å². The van der Waals surface area contributed by atoms with E-state index in [-0.39, 0.29) is 17.1 Å². The first-order valence-electron chi connectivity index (χ1n) is 8.06. The molecule has 0 aliphatic rings. The van der Waals surface area contributed by atoms with Crippen LogP contribution in [-0.4, -0.2) is 8.42 Å². The third-order valence-electron chi connectivity index (χ3n) is 4.07. The smallest absolute Gasteiger partial charge is 0.262 e. The number of sulfonamides is 1. The molecule has 0 amide bonds. The Hall–Kier alpha value is -2.80. The summed E-state index contributed by atoms with van der Waals surface area (Å²) in [5.41, 5.74) is 0.891. The van der Waals surface area contributed by atoms with Gasteiger partial charge in [-0.05, 0) is 60.5 Å². The maximum atomic E-state index is 13.9. The summed E-state index contributed by atoms with van der Waals surface area (Å²) in [5, 5.41) is 0. The summed E-state index contributed by atoms with van der Waals surface area (Å²) >= 11 is 0. The molecule has 0 saturated heterocycles. The summed E-state index contributed by atoms with van der Waals surface area (Å²) in [6, 6.07) is 14.0. The summed E-state index contributed by atoms with van der Waals surface area (Å²) in [6.45, 7) is 1.36. The molecule has 3 aromatic carbocycles. The molecule has 0 fully saturated rings. The van der Waals surface area contributed by atoms with Gasteiger partial charge < -0.3 is 0 Å². The van der Waals surface area contributed by atoms with Gasteiger partial charge in [-0.25, -0.2) is 21.6 Å². The highest BCUT2D eigenvalue weighted by molar-refractivity contribution is 7.92. The van der Waals surface area contributed by atoms with E-state index in [0.717, 1.165) is 16.4 Å². The van der Waals surface area contributed by atoms with Crippen molar-refractivity contribution in [2.75, 3.05) is 4.31 Å². The van der Waals surface area contributed by atoms with E-state index >= 15 is 0 Å². The fraction of sp³-hybridized carbons (Fsp3) is 0.100. The summed E-state index contributed by atoms with van der Waals surface area (Å²) < 4.78 is 68.0. The second-order valence-electron chi connectivity index (χ2n) is 6.03. The van der Waals surface area contributed by atoms with Crippen molar-refractivity contribution in [1.29, 1.82) is 0 Å². The van der Waals surface area contributed by atoms with Gasteiger partial charge in [-0.3, -0.25) is 4.31 Å². The lowest BCUT2D eigenvalue weighted by Gasteiger charge is -2.25. The Morgan fingerprint density at radius 3 is 2.19 bits per heavy atom. The van der Waals surface area contributed by atoms with E-state index in [1.54, 1.807) is 0 Å². The Balaban J connectivity index is 2.10. The van der Waals surface area contributed by atoms with Gasteiger partial charge in [0.25, 0.3) is 10.0 Å². The molecule has 0 N–H and O–H groups in total. The number of hydrogen-bond donors (Lipinski definition) is 0. The van der Waals surface area contributed by atoms with E-state index in [1.165, 1.54) is 61.5 Å². The van der Waals surface area contributed by atoms with E-state index in [1.807, 2.05) is 0 Å². The van der Waals surface area contributed by atoms with Gasteiger partial charge in [0, 0.05) is 0 Å². The molecule has 27 heavy (non-hydrogen) atoms. The Labute approximate surface area is 155 Å². The van der Waals surface area contributed by atoms with Gasteiger partial charge in [-0.1, -0.05) is 24.3 Å². The van der Waals surface area contributed by atoms with Gasteiger partial charge >= 0.3 is 0 Å². The van der Waals surface area contributed by atoms with Crippen molar-refractivity contribution in [2.45, 2.75) is 18.4 Å². The minimum absolute atomic E-state index is 0.0836. The van der Waals surface area contributed by atoms with Gasteiger partial charge in [0.2, 0.25) is 0 Å². The summed E-state index contributed by atoms with van der Waals surface area (Å²) in [7, 11) is -4.19. The maximum absolute atomic E-state index is 13.9. The second kappa shape index (κ2) is 7.44. The molecule has 0 aromatic heterocycles. The van der Waals surface area contributed by atoms with E-state index in [0.29, 0.717) is 11.1 Å². The molecule has 0 spiro atoms. The minimum Gasteiger partial charge on any atom is -0.262 e. The number of nitrogens with zero attached hydrogens (tertiary/aromatic N) is 1. The van der Waals surface area contributed by atoms with Crippen LogP contribution >= 0.6 is 0 Å². The van der Waals surface area contributed by atoms with Crippen LogP contribution in [0, 0.1) is 24.4 Å². The first kappa shape index (κ1) is 19.0. The lowest BCUT2D eigenvalue weighted by Crippen LogP contribution is -2.30. The molecule has 0 unspecified atom stereocenters. The molecule has 0 radical (unpaired) electrons. The lowest BCUT2D eigenvalue weighted by molar-refractivity contribution is 0.584. The molecule has 3 rings (SSSR count). The van der Waals surface area contributed by atoms with Gasteiger partial charge in [0.05, 0.1) is 17.1 Å². The van der Waals surface area contributed by atoms with Crippen molar-refractivity contribution in [3.63, 3.8) is 0 Å². The lowest BCUT2D eigenvalue weighted by atomic mass is 10.2. The van der Waals surface area contributed by atoms with Gasteiger partial charge in [-0.2, -0.15) is 0 Å². The molecule has 0 atom stereocenters. The number of hydrogen-bond acceptors (Lipinski definition) is 2. The summed E-state index contributed by atoms with van der Waals surface area (Å²) in [6.07, 6.45) is 0. The molecule has 140 valence electrons. The first-order chi connectivity index (χ1) is 12.8. The Kier molecular flexibility index (Phi) is 5.23. The molecular formula is C20H16F3NO2S. The molecule has 0 aliphatic carbocycles. The summed E-state index contributed by atoms with van der Waals surface area (Å²) in [5.74, 6) is -1.72. The molecular weight excluding hydrogens is 375 g/mol. The van der Waals surface area contributed by atoms with Crippen LogP contribution in [0.1, 0.15) is 11.1 Å². The van der Waals surface area contributed by atoms with Crippen molar-refractivity contribution < 1.29 is 21.6 Å². The number of rotatable bonds is 5. The highest BCUT2D eigenvalue weighted by Gasteiger charge is 2.26. The number of benzene rings is 3. The first-order valence-corrected chi connectivity index (χ1v) is 9.50. The van der Waals surface area contributed by atoms with Crippen molar-refractivity contribution in [3.8, 4) is 0 Å². The van der Waals surface area contributed by atoms with Gasteiger partial charge in [-0.15, -0.1) is 0 Å². The zero-order valence-corrected chi connectivity index (χ0v) is 15.2. The van der Waals surface area contributed by atoms with E-state index in [2.05, 4.69) is 0 Å². The Morgan fingerprint density at radius 1 is 0.852 bits per heavy atom. The van der Waals surface area contributed by atoms with E-state index in [4.69, 9.17) is 0 Å². The quantitative estimate of drug-likeness (QED) is 0.626. The monoisotopic (exact) mass is 391 g/mol. The van der Waals surface area contributed by atoms with Crippen molar-refractivity contribution in [3.05, 3.63) is 95.3 Å². The minimum atomic E-state index is -4.19. The van der Waals surface area contributed by atoms with Crippen LogP contribution in [0.2, 0.25) is 0 Å². The number of aryl methyl sites for hydroxylation is 1. The maximum Gasteiger partial charge on any atom is 0.264 e. The topological polar surface area (TPSA) is 37.4 Å². The van der Waals surface area contributed by atoms with Crippen LogP contribution in [-0.2, 0) is 16.6 Å². The largest absolute Gasteiger partial charge is 0.264 e. The molecule has 3 nitrogen and oxygen atoms in total. The third kappa shape index (κ3) is 4.14. The molecule has 7 heteroatoms. The van der Waals surface area contributed by atoms with Crippen molar-refractivity contribution in [2.24, 2.45) is 0 Å². The van der Waals surface area contributed by atoms with Crippen LogP contribution in [0.3, 0.4) is 0 Å². The number of halogens is 3.